The fraction of sp³-hybridized carbons (Fsp3) is 0.571. The average Bonchev–Trinajstić information content (AvgIpc) is 2.85. The van der Waals surface area contributed by atoms with Crippen LogP contribution in [-0.2, 0) is 9.53 Å². The molecule has 0 bridgehead atoms. The lowest BCUT2D eigenvalue weighted by molar-refractivity contribution is -0.118. The summed E-state index contributed by atoms with van der Waals surface area (Å²) in [5.74, 6) is -0.188. The summed E-state index contributed by atoms with van der Waals surface area (Å²) in [6.45, 7) is 1.71. The molecule has 1 aliphatic rings. The molecule has 1 fully saturated rings. The highest BCUT2D eigenvalue weighted by Gasteiger charge is 2.31. The van der Waals surface area contributed by atoms with Crippen molar-refractivity contribution in [1.82, 2.24) is 4.90 Å². The van der Waals surface area contributed by atoms with E-state index in [9.17, 15) is 9.90 Å². The third kappa shape index (κ3) is 4.51. The van der Waals surface area contributed by atoms with E-state index in [4.69, 9.17) is 10.00 Å². The van der Waals surface area contributed by atoms with Crippen LogP contribution in [0.25, 0.3) is 0 Å². The highest BCUT2D eigenvalue weighted by atomic mass is 32.1. The van der Waals surface area contributed by atoms with E-state index >= 15 is 0 Å². The van der Waals surface area contributed by atoms with Gasteiger partial charge in [0, 0.05) is 32.6 Å². The molecular weight excluding hydrogens is 290 g/mol. The van der Waals surface area contributed by atoms with Crippen molar-refractivity contribution in [2.24, 2.45) is 0 Å². The second-order valence-electron chi connectivity index (χ2n) is 5.33. The molecule has 0 atom stereocenters. The van der Waals surface area contributed by atoms with Crippen molar-refractivity contribution in [2.45, 2.75) is 18.4 Å². The zero-order valence-electron chi connectivity index (χ0n) is 12.0. The lowest BCUT2D eigenvalue weighted by atomic mass is 9.94. The zero-order valence-corrected chi connectivity index (χ0v) is 12.8. The standard InChI is InChI=1S/C14H19N3O3S/c1-17(10-14(19)3-5-20-6-4-14)9-12(18)16-13-11(8-15)2-7-21-13/h2,7,19H,3-6,9-10H2,1H3,(H,16,18). The van der Waals surface area contributed by atoms with E-state index in [2.05, 4.69) is 5.32 Å². The van der Waals surface area contributed by atoms with E-state index in [0.29, 0.717) is 43.2 Å². The third-order valence-corrected chi connectivity index (χ3v) is 4.27. The summed E-state index contributed by atoms with van der Waals surface area (Å²) in [6, 6.07) is 3.71. The van der Waals surface area contributed by atoms with Crippen molar-refractivity contribution in [2.75, 3.05) is 38.7 Å². The number of nitrogens with zero attached hydrogens (tertiary/aromatic N) is 2. The van der Waals surface area contributed by atoms with Gasteiger partial charge in [-0.2, -0.15) is 5.26 Å². The van der Waals surface area contributed by atoms with Gasteiger partial charge in [-0.3, -0.25) is 9.69 Å². The minimum atomic E-state index is -0.784. The second kappa shape index (κ2) is 7.00. The van der Waals surface area contributed by atoms with Crippen LogP contribution in [0.15, 0.2) is 11.4 Å². The summed E-state index contributed by atoms with van der Waals surface area (Å²) < 4.78 is 5.24. The van der Waals surface area contributed by atoms with Crippen molar-refractivity contribution in [3.8, 4) is 6.07 Å². The van der Waals surface area contributed by atoms with Crippen molar-refractivity contribution < 1.29 is 14.6 Å². The third-order valence-electron chi connectivity index (χ3n) is 3.44. The SMILES string of the molecule is CN(CC(=O)Nc1sccc1C#N)CC1(O)CCOCC1. The minimum Gasteiger partial charge on any atom is -0.388 e. The fourth-order valence-corrected chi connectivity index (χ4v) is 3.13. The normalized spacial score (nSPS) is 17.4. The average molecular weight is 309 g/mol. The number of rotatable bonds is 5. The molecule has 6 nitrogen and oxygen atoms in total. The summed E-state index contributed by atoms with van der Waals surface area (Å²) >= 11 is 1.33. The molecule has 2 heterocycles. The molecule has 1 aliphatic heterocycles. The van der Waals surface area contributed by atoms with Crippen molar-refractivity contribution in [1.29, 1.82) is 5.26 Å². The lowest BCUT2D eigenvalue weighted by Gasteiger charge is -2.35. The summed E-state index contributed by atoms with van der Waals surface area (Å²) in [5, 5.41) is 24.4. The van der Waals surface area contributed by atoms with Crippen LogP contribution in [0.4, 0.5) is 5.00 Å². The lowest BCUT2D eigenvalue weighted by Crippen LogP contribution is -2.47. The number of hydrogen-bond acceptors (Lipinski definition) is 6. The Labute approximate surface area is 127 Å². The van der Waals surface area contributed by atoms with Gasteiger partial charge < -0.3 is 15.2 Å². The molecule has 0 aromatic carbocycles. The molecule has 1 amide bonds. The zero-order chi connectivity index (χ0) is 15.3. The van der Waals surface area contributed by atoms with Gasteiger partial charge in [0.1, 0.15) is 11.1 Å². The van der Waals surface area contributed by atoms with Crippen LogP contribution in [0.5, 0.6) is 0 Å². The molecule has 7 heteroatoms. The maximum Gasteiger partial charge on any atom is 0.239 e. The quantitative estimate of drug-likeness (QED) is 0.848. The van der Waals surface area contributed by atoms with Crippen LogP contribution in [0.1, 0.15) is 18.4 Å². The molecule has 1 aromatic rings. The number of carbonyl (C=O) groups is 1. The number of thiophene rings is 1. The number of anilines is 1. The molecule has 0 radical (unpaired) electrons. The van der Waals surface area contributed by atoms with Gasteiger partial charge in [0.25, 0.3) is 0 Å². The van der Waals surface area contributed by atoms with Crippen LogP contribution >= 0.6 is 11.3 Å². The van der Waals surface area contributed by atoms with E-state index in [1.807, 2.05) is 6.07 Å². The topological polar surface area (TPSA) is 85.6 Å². The van der Waals surface area contributed by atoms with Crippen LogP contribution < -0.4 is 5.32 Å². The molecule has 114 valence electrons. The van der Waals surface area contributed by atoms with Gasteiger partial charge in [0.2, 0.25) is 5.91 Å². The van der Waals surface area contributed by atoms with Gasteiger partial charge in [-0.1, -0.05) is 0 Å². The number of nitrogens with one attached hydrogen (secondary N) is 1. The first-order chi connectivity index (χ1) is 10.0. The maximum atomic E-state index is 12.0. The minimum absolute atomic E-state index is 0.173. The fourth-order valence-electron chi connectivity index (χ4n) is 2.37. The summed E-state index contributed by atoms with van der Waals surface area (Å²) in [4.78, 5) is 13.8. The monoisotopic (exact) mass is 309 g/mol. The first-order valence-corrected chi connectivity index (χ1v) is 7.66. The Hall–Kier alpha value is -1.46. The van der Waals surface area contributed by atoms with E-state index in [-0.39, 0.29) is 12.5 Å². The van der Waals surface area contributed by atoms with Crippen molar-refractivity contribution in [3.05, 3.63) is 17.0 Å². The van der Waals surface area contributed by atoms with Gasteiger partial charge in [0.15, 0.2) is 0 Å². The first kappa shape index (κ1) is 15.9. The largest absolute Gasteiger partial charge is 0.388 e. The highest BCUT2D eigenvalue weighted by molar-refractivity contribution is 7.14. The molecule has 0 saturated carbocycles. The summed E-state index contributed by atoms with van der Waals surface area (Å²) in [6.07, 6.45) is 1.17. The number of nitriles is 1. The second-order valence-corrected chi connectivity index (χ2v) is 6.25. The van der Waals surface area contributed by atoms with Crippen LogP contribution in [0, 0.1) is 11.3 Å². The number of carbonyl (C=O) groups excluding carboxylic acids is 1. The van der Waals surface area contributed by atoms with Crippen LogP contribution in [0.2, 0.25) is 0 Å². The molecule has 1 aromatic heterocycles. The van der Waals surface area contributed by atoms with Gasteiger partial charge in [-0.25, -0.2) is 0 Å². The molecular formula is C14H19N3O3S. The number of hydrogen-bond donors (Lipinski definition) is 2. The van der Waals surface area contributed by atoms with Gasteiger partial charge in [-0.15, -0.1) is 11.3 Å². The van der Waals surface area contributed by atoms with Gasteiger partial charge in [-0.05, 0) is 18.5 Å². The van der Waals surface area contributed by atoms with Gasteiger partial charge >= 0.3 is 0 Å². The predicted molar refractivity (Wildman–Crippen MR) is 80.2 cm³/mol. The Bertz CT molecular complexity index is 532. The van der Waals surface area contributed by atoms with E-state index in [0.717, 1.165) is 0 Å². The molecule has 0 unspecified atom stereocenters. The van der Waals surface area contributed by atoms with Crippen molar-refractivity contribution >= 4 is 22.2 Å². The maximum absolute atomic E-state index is 12.0. The Morgan fingerprint density at radius 3 is 3.00 bits per heavy atom. The Balaban J connectivity index is 1.83. The number of likely N-dealkylation sites (N-methyl/N-ethyl adjacent to an activating group) is 1. The summed E-state index contributed by atoms with van der Waals surface area (Å²) in [5.41, 5.74) is -0.312. The highest BCUT2D eigenvalue weighted by Crippen LogP contribution is 2.23. The Morgan fingerprint density at radius 1 is 1.62 bits per heavy atom. The molecule has 2 rings (SSSR count). The van der Waals surface area contributed by atoms with Crippen molar-refractivity contribution in [3.63, 3.8) is 0 Å². The Morgan fingerprint density at radius 2 is 2.33 bits per heavy atom. The first-order valence-electron chi connectivity index (χ1n) is 6.78. The number of amides is 1. The van der Waals surface area contributed by atoms with Crippen LogP contribution in [0.3, 0.4) is 0 Å². The Kier molecular flexibility index (Phi) is 5.31. The van der Waals surface area contributed by atoms with E-state index in [1.54, 1.807) is 23.4 Å². The number of aliphatic hydroxyl groups is 1. The van der Waals surface area contributed by atoms with E-state index < -0.39 is 5.60 Å². The van der Waals surface area contributed by atoms with Gasteiger partial charge in [0.05, 0.1) is 17.7 Å². The molecule has 2 N–H and O–H groups in total. The number of ether oxygens (including phenoxy) is 1. The predicted octanol–water partition coefficient (Wildman–Crippen LogP) is 1.03. The molecule has 1 saturated heterocycles. The van der Waals surface area contributed by atoms with E-state index in [1.165, 1.54) is 11.3 Å². The summed E-state index contributed by atoms with van der Waals surface area (Å²) in [7, 11) is 1.80. The molecule has 0 aliphatic carbocycles. The molecule has 21 heavy (non-hydrogen) atoms. The molecule has 0 spiro atoms. The van der Waals surface area contributed by atoms with Crippen LogP contribution in [-0.4, -0.2) is 54.9 Å². The smallest absolute Gasteiger partial charge is 0.239 e.